The molecule has 0 radical (unpaired) electrons. The van der Waals surface area contributed by atoms with Gasteiger partial charge in [-0.25, -0.2) is 18.4 Å². The van der Waals surface area contributed by atoms with E-state index in [0.717, 1.165) is 5.56 Å². The topological polar surface area (TPSA) is 49.9 Å². The van der Waals surface area contributed by atoms with Gasteiger partial charge >= 0.3 is 12.0 Å². The molecule has 5 nitrogen and oxygen atoms in total. The minimum Gasteiger partial charge on any atom is -0.465 e. The summed E-state index contributed by atoms with van der Waals surface area (Å²) in [4.78, 5) is 27.7. The molecule has 0 atom stereocenters. The van der Waals surface area contributed by atoms with E-state index in [0.29, 0.717) is 11.3 Å². The van der Waals surface area contributed by atoms with E-state index in [1.807, 2.05) is 18.2 Å². The zero-order valence-corrected chi connectivity index (χ0v) is 15.6. The molecular formula is C21H22F2N2O3. The summed E-state index contributed by atoms with van der Waals surface area (Å²) in [6.45, 7) is 0.310. The molecule has 2 aromatic carbocycles. The molecule has 1 fully saturated rings. The average molecular weight is 388 g/mol. The second-order valence-corrected chi connectivity index (χ2v) is 6.74. The second-order valence-electron chi connectivity index (χ2n) is 6.74. The zero-order valence-electron chi connectivity index (χ0n) is 15.6. The highest BCUT2D eigenvalue weighted by atomic mass is 19.3. The van der Waals surface area contributed by atoms with Crippen molar-refractivity contribution in [2.24, 2.45) is 0 Å². The number of methoxy groups -OCH3 is 1. The molecule has 0 unspecified atom stereocenters. The number of ether oxygens (including phenoxy) is 1. The molecule has 0 spiro atoms. The summed E-state index contributed by atoms with van der Waals surface area (Å²) < 4.78 is 31.6. The fourth-order valence-corrected chi connectivity index (χ4v) is 3.12. The van der Waals surface area contributed by atoms with Gasteiger partial charge in [0, 0.05) is 31.6 Å². The maximum absolute atomic E-state index is 13.5. The van der Waals surface area contributed by atoms with E-state index in [2.05, 4.69) is 4.74 Å². The van der Waals surface area contributed by atoms with Crippen molar-refractivity contribution in [1.29, 1.82) is 0 Å². The van der Waals surface area contributed by atoms with Gasteiger partial charge in [-0.2, -0.15) is 0 Å². The fourth-order valence-electron chi connectivity index (χ4n) is 3.12. The Labute approximate surface area is 162 Å². The van der Waals surface area contributed by atoms with Crippen molar-refractivity contribution in [1.82, 2.24) is 4.90 Å². The summed E-state index contributed by atoms with van der Waals surface area (Å²) in [5.41, 5.74) is 1.91. The molecule has 1 aliphatic heterocycles. The number of carbonyl (C=O) groups is 2. The van der Waals surface area contributed by atoms with E-state index >= 15 is 0 Å². The maximum Gasteiger partial charge on any atom is 0.337 e. The maximum atomic E-state index is 13.5. The van der Waals surface area contributed by atoms with E-state index in [9.17, 15) is 18.4 Å². The molecule has 0 N–H and O–H groups in total. The van der Waals surface area contributed by atoms with Crippen LogP contribution in [-0.4, -0.2) is 43.0 Å². The number of hydrogen-bond acceptors (Lipinski definition) is 3. The number of piperidine rings is 1. The molecule has 1 aliphatic rings. The van der Waals surface area contributed by atoms with Crippen LogP contribution in [-0.2, 0) is 11.3 Å². The number of rotatable bonds is 4. The van der Waals surface area contributed by atoms with Crippen LogP contribution < -0.4 is 4.90 Å². The summed E-state index contributed by atoms with van der Waals surface area (Å²) in [5, 5.41) is 0. The van der Waals surface area contributed by atoms with E-state index in [4.69, 9.17) is 0 Å². The lowest BCUT2D eigenvalue weighted by molar-refractivity contribution is -0.0465. The van der Waals surface area contributed by atoms with Crippen molar-refractivity contribution in [3.05, 3.63) is 65.7 Å². The molecular weight excluding hydrogens is 366 g/mol. The standard InChI is InChI=1S/C21H22F2N2O3/c1-28-19(26)17-9-7-16(8-10-17)15-25(18-5-3-2-4-6-18)20(27)24-13-11-21(22,23)12-14-24/h2-10H,11-15H2,1H3. The van der Waals surface area contributed by atoms with Gasteiger partial charge in [-0.1, -0.05) is 30.3 Å². The first-order valence-corrected chi connectivity index (χ1v) is 9.06. The van der Waals surface area contributed by atoms with Crippen LogP contribution in [0.4, 0.5) is 19.3 Å². The van der Waals surface area contributed by atoms with Gasteiger partial charge < -0.3 is 9.64 Å². The zero-order chi connectivity index (χ0) is 20.1. The normalized spacial score (nSPS) is 15.8. The third kappa shape index (κ3) is 4.65. The van der Waals surface area contributed by atoms with E-state index in [1.165, 1.54) is 12.0 Å². The minimum atomic E-state index is -2.71. The summed E-state index contributed by atoms with van der Waals surface area (Å²) in [5.74, 6) is -3.14. The number of anilines is 1. The summed E-state index contributed by atoms with van der Waals surface area (Å²) in [6.07, 6.45) is -0.648. The SMILES string of the molecule is COC(=O)c1ccc(CN(C(=O)N2CCC(F)(F)CC2)c2ccccc2)cc1. The number of halogens is 2. The number of amides is 2. The first-order valence-electron chi connectivity index (χ1n) is 9.06. The van der Waals surface area contributed by atoms with Crippen LogP contribution >= 0.6 is 0 Å². The quantitative estimate of drug-likeness (QED) is 0.733. The Morgan fingerprint density at radius 3 is 2.21 bits per heavy atom. The van der Waals surface area contributed by atoms with Crippen molar-refractivity contribution in [3.8, 4) is 0 Å². The number of benzene rings is 2. The van der Waals surface area contributed by atoms with Crippen molar-refractivity contribution >= 4 is 17.7 Å². The molecule has 0 bridgehead atoms. The molecule has 3 rings (SSSR count). The first kappa shape index (κ1) is 19.8. The summed E-state index contributed by atoms with van der Waals surface area (Å²) in [7, 11) is 1.31. The molecule has 2 amide bonds. The van der Waals surface area contributed by atoms with Gasteiger partial charge in [-0.3, -0.25) is 4.90 Å². The number of alkyl halides is 2. The Morgan fingerprint density at radius 2 is 1.64 bits per heavy atom. The van der Waals surface area contributed by atoms with Crippen LogP contribution in [0, 0.1) is 0 Å². The third-order valence-electron chi connectivity index (χ3n) is 4.78. The highest BCUT2D eigenvalue weighted by Crippen LogP contribution is 2.29. The molecule has 0 aromatic heterocycles. The van der Waals surface area contributed by atoms with Crippen molar-refractivity contribution < 1.29 is 23.1 Å². The molecule has 0 aliphatic carbocycles. The number of nitrogens with zero attached hydrogens (tertiary/aromatic N) is 2. The lowest BCUT2D eigenvalue weighted by Crippen LogP contribution is -2.48. The van der Waals surface area contributed by atoms with Gasteiger partial charge in [0.15, 0.2) is 0 Å². The smallest absolute Gasteiger partial charge is 0.337 e. The van der Waals surface area contributed by atoms with Crippen LogP contribution in [0.15, 0.2) is 54.6 Å². The average Bonchev–Trinajstić information content (AvgIpc) is 2.72. The highest BCUT2D eigenvalue weighted by Gasteiger charge is 2.37. The summed E-state index contributed by atoms with van der Waals surface area (Å²) >= 11 is 0. The number of carbonyl (C=O) groups excluding carboxylic acids is 2. The van der Waals surface area contributed by atoms with Gasteiger partial charge in [-0.15, -0.1) is 0 Å². The van der Waals surface area contributed by atoms with Crippen LogP contribution in [0.1, 0.15) is 28.8 Å². The molecule has 2 aromatic rings. The lowest BCUT2D eigenvalue weighted by Gasteiger charge is -2.35. The predicted molar refractivity (Wildman–Crippen MR) is 102 cm³/mol. The van der Waals surface area contributed by atoms with Gasteiger partial charge in [0.05, 0.1) is 19.2 Å². The van der Waals surface area contributed by atoms with Crippen molar-refractivity contribution in [2.45, 2.75) is 25.3 Å². The van der Waals surface area contributed by atoms with Gasteiger partial charge in [-0.05, 0) is 29.8 Å². The van der Waals surface area contributed by atoms with Crippen LogP contribution in [0.3, 0.4) is 0 Å². The van der Waals surface area contributed by atoms with Gasteiger partial charge in [0.1, 0.15) is 0 Å². The summed E-state index contributed by atoms with van der Waals surface area (Å²) in [6, 6.07) is 15.6. The molecule has 28 heavy (non-hydrogen) atoms. The monoisotopic (exact) mass is 388 g/mol. The number of likely N-dealkylation sites (tertiary alicyclic amines) is 1. The lowest BCUT2D eigenvalue weighted by atomic mass is 10.1. The fraction of sp³-hybridized carbons (Fsp3) is 0.333. The molecule has 1 heterocycles. The Bertz CT molecular complexity index is 815. The number of para-hydroxylation sites is 1. The Morgan fingerprint density at radius 1 is 1.04 bits per heavy atom. The number of esters is 1. The van der Waals surface area contributed by atoms with E-state index in [1.54, 1.807) is 41.3 Å². The van der Waals surface area contributed by atoms with E-state index in [-0.39, 0.29) is 38.5 Å². The van der Waals surface area contributed by atoms with Crippen LogP contribution in [0.5, 0.6) is 0 Å². The molecule has 148 valence electrons. The van der Waals surface area contributed by atoms with Crippen LogP contribution in [0.25, 0.3) is 0 Å². The molecule has 1 saturated heterocycles. The predicted octanol–water partition coefficient (Wildman–Crippen LogP) is 4.33. The Balaban J connectivity index is 1.80. The molecule has 0 saturated carbocycles. The first-order chi connectivity index (χ1) is 13.4. The van der Waals surface area contributed by atoms with Crippen LogP contribution in [0.2, 0.25) is 0 Å². The highest BCUT2D eigenvalue weighted by molar-refractivity contribution is 5.92. The number of urea groups is 1. The van der Waals surface area contributed by atoms with Gasteiger partial charge in [0.2, 0.25) is 0 Å². The Kier molecular flexibility index (Phi) is 5.92. The van der Waals surface area contributed by atoms with Crippen molar-refractivity contribution in [2.75, 3.05) is 25.1 Å². The minimum absolute atomic E-state index is 0.0243. The van der Waals surface area contributed by atoms with Crippen molar-refractivity contribution in [3.63, 3.8) is 0 Å². The largest absolute Gasteiger partial charge is 0.465 e. The third-order valence-corrected chi connectivity index (χ3v) is 4.78. The van der Waals surface area contributed by atoms with Gasteiger partial charge in [0.25, 0.3) is 5.92 Å². The second kappa shape index (κ2) is 8.37. The number of hydrogen-bond donors (Lipinski definition) is 0. The Hall–Kier alpha value is -2.96. The molecule has 7 heteroatoms. The van der Waals surface area contributed by atoms with E-state index < -0.39 is 11.9 Å².